The molecule has 2 saturated carbocycles. The fourth-order valence-corrected chi connectivity index (χ4v) is 6.86. The topological polar surface area (TPSA) is 124 Å². The van der Waals surface area contributed by atoms with Crippen LogP contribution >= 0.6 is 34.8 Å². The van der Waals surface area contributed by atoms with E-state index in [2.05, 4.69) is 15.2 Å². The van der Waals surface area contributed by atoms with Crippen LogP contribution in [0.2, 0.25) is 15.1 Å². The number of nitrogens with zero attached hydrogens (tertiary/aromatic N) is 4. The second-order valence-electron chi connectivity index (χ2n) is 11.7. The van der Waals surface area contributed by atoms with E-state index in [0.29, 0.717) is 63.3 Å². The average Bonchev–Trinajstić information content (AvgIpc) is 3.56. The molecule has 0 spiro atoms. The molecule has 226 valence electrons. The van der Waals surface area contributed by atoms with Crippen LogP contribution in [0.15, 0.2) is 41.2 Å². The molecule has 2 N–H and O–H groups in total. The van der Waals surface area contributed by atoms with Crippen LogP contribution in [0.1, 0.15) is 103 Å². The highest BCUT2D eigenvalue weighted by Gasteiger charge is 2.38. The van der Waals surface area contributed by atoms with Crippen LogP contribution in [0.5, 0.6) is 5.75 Å². The van der Waals surface area contributed by atoms with Gasteiger partial charge in [-0.3, -0.25) is 9.67 Å². The van der Waals surface area contributed by atoms with Gasteiger partial charge in [0.15, 0.2) is 5.69 Å². The molecule has 0 amide bonds. The Bertz CT molecular complexity index is 1650. The summed E-state index contributed by atoms with van der Waals surface area (Å²) in [5.74, 6) is 0.627. The van der Waals surface area contributed by atoms with Crippen molar-refractivity contribution in [3.8, 4) is 17.0 Å². The van der Waals surface area contributed by atoms with Crippen molar-refractivity contribution in [2.45, 2.75) is 82.5 Å². The molecule has 3 heterocycles. The number of halogens is 3. The Balaban J connectivity index is 1.18. The van der Waals surface area contributed by atoms with E-state index >= 15 is 0 Å². The fraction of sp³-hybridized carbons (Fsp3) is 0.419. The molecule has 6 rings (SSSR count). The lowest BCUT2D eigenvalue weighted by Gasteiger charge is -2.37. The maximum absolute atomic E-state index is 11.7. The van der Waals surface area contributed by atoms with Crippen molar-refractivity contribution in [1.29, 1.82) is 0 Å². The lowest BCUT2D eigenvalue weighted by atomic mass is 9.74. The molecule has 0 aliphatic heterocycles. The van der Waals surface area contributed by atoms with Gasteiger partial charge in [-0.1, -0.05) is 46.0 Å². The first-order chi connectivity index (χ1) is 20.6. The molecule has 0 saturated heterocycles. The number of aromatic nitrogens is 4. The predicted molar refractivity (Wildman–Crippen MR) is 162 cm³/mol. The Morgan fingerprint density at radius 2 is 1.77 bits per heavy atom. The monoisotopic (exact) mass is 644 g/mol. The number of hydrogen-bond acceptors (Lipinski definition) is 7. The summed E-state index contributed by atoms with van der Waals surface area (Å²) < 4.78 is 13.7. The maximum atomic E-state index is 11.7. The summed E-state index contributed by atoms with van der Waals surface area (Å²) in [7, 11) is 0. The van der Waals surface area contributed by atoms with Crippen LogP contribution in [-0.2, 0) is 12.2 Å². The molecular formula is C31H31Cl3N4O5. The number of carboxylic acids is 1. The van der Waals surface area contributed by atoms with Crippen LogP contribution in [0.3, 0.4) is 0 Å². The minimum atomic E-state index is -1.11. The molecule has 43 heavy (non-hydrogen) atoms. The number of ether oxygens (including phenoxy) is 1. The highest BCUT2D eigenvalue weighted by molar-refractivity contribution is 6.38. The largest absolute Gasteiger partial charge is 0.489 e. The number of rotatable bonds is 9. The Labute approximate surface area is 263 Å². The van der Waals surface area contributed by atoms with Crippen LogP contribution in [0.4, 0.5) is 0 Å². The first-order valence-electron chi connectivity index (χ1n) is 14.3. The standard InChI is InChI=1S/C31H31Cl3N4O5/c1-16(2)38-26(12-25(36-38)30(39)40)17-7-9-31(41,10-8-17)21-6-5-19(11-22(21)32)42-15-20-28(37-43-29(20)18-3-4-18)27-23(33)13-35-14-24(27)34/h5-6,11-14,16-18,41H,3-4,7-10,15H2,1-2H3,(H,39,40)/t17-,31+. The average molecular weight is 646 g/mol. The molecule has 2 aliphatic carbocycles. The fourth-order valence-electron chi connectivity index (χ4n) is 5.97. The van der Waals surface area contributed by atoms with Crippen molar-refractivity contribution >= 4 is 40.8 Å². The molecule has 2 fully saturated rings. The van der Waals surface area contributed by atoms with E-state index in [1.807, 2.05) is 19.9 Å². The SMILES string of the molecule is CC(C)n1nc(C(=O)O)cc1[C@H]1CC[C@](O)(c2ccc(OCc3c(-c4c(Cl)cncc4Cl)noc3C3CC3)cc2Cl)CC1. The smallest absolute Gasteiger partial charge is 0.356 e. The Kier molecular flexibility index (Phi) is 8.19. The molecule has 12 heteroatoms. The third-order valence-electron chi connectivity index (χ3n) is 8.39. The second kappa shape index (κ2) is 11.8. The second-order valence-corrected chi connectivity index (χ2v) is 12.9. The van der Waals surface area contributed by atoms with Gasteiger partial charge in [0.2, 0.25) is 0 Å². The molecule has 9 nitrogen and oxygen atoms in total. The minimum absolute atomic E-state index is 0.0267. The summed E-state index contributed by atoms with van der Waals surface area (Å²) in [4.78, 5) is 15.6. The lowest BCUT2D eigenvalue weighted by molar-refractivity contribution is -0.00634. The number of carboxylic acid groups (broad SMARTS) is 1. The van der Waals surface area contributed by atoms with Crippen LogP contribution in [-0.4, -0.2) is 36.1 Å². The van der Waals surface area contributed by atoms with E-state index in [-0.39, 0.29) is 30.2 Å². The van der Waals surface area contributed by atoms with Gasteiger partial charge in [-0.25, -0.2) is 4.79 Å². The zero-order valence-electron chi connectivity index (χ0n) is 23.7. The zero-order valence-corrected chi connectivity index (χ0v) is 26.0. The Morgan fingerprint density at radius 3 is 2.37 bits per heavy atom. The van der Waals surface area contributed by atoms with E-state index in [4.69, 9.17) is 44.1 Å². The van der Waals surface area contributed by atoms with Gasteiger partial charge in [0.05, 0.1) is 26.2 Å². The van der Waals surface area contributed by atoms with Crippen molar-refractivity contribution in [2.75, 3.05) is 0 Å². The quantitative estimate of drug-likeness (QED) is 0.187. The Hall–Kier alpha value is -3.11. The third-order valence-corrected chi connectivity index (χ3v) is 9.27. The molecule has 1 aromatic carbocycles. The summed E-state index contributed by atoms with van der Waals surface area (Å²) in [6.07, 6.45) is 7.35. The minimum Gasteiger partial charge on any atom is -0.489 e. The lowest BCUT2D eigenvalue weighted by Crippen LogP contribution is -2.32. The maximum Gasteiger partial charge on any atom is 0.356 e. The van der Waals surface area contributed by atoms with E-state index < -0.39 is 11.6 Å². The summed E-state index contributed by atoms with van der Waals surface area (Å²) in [5.41, 5.74) is 2.32. The summed E-state index contributed by atoms with van der Waals surface area (Å²) in [6, 6.07) is 7.01. The number of carbonyl (C=O) groups is 1. The van der Waals surface area contributed by atoms with E-state index in [1.165, 1.54) is 12.4 Å². The van der Waals surface area contributed by atoms with Crippen LogP contribution in [0, 0.1) is 0 Å². The van der Waals surface area contributed by atoms with Gasteiger partial charge in [0.1, 0.15) is 23.8 Å². The van der Waals surface area contributed by atoms with Crippen molar-refractivity contribution in [2.24, 2.45) is 0 Å². The molecule has 4 aromatic rings. The Morgan fingerprint density at radius 1 is 1.07 bits per heavy atom. The number of hydrogen-bond donors (Lipinski definition) is 2. The zero-order chi connectivity index (χ0) is 30.5. The first-order valence-corrected chi connectivity index (χ1v) is 15.4. The van der Waals surface area contributed by atoms with E-state index in [0.717, 1.165) is 29.9 Å². The number of pyridine rings is 1. The number of benzene rings is 1. The molecule has 0 radical (unpaired) electrons. The number of aromatic carboxylic acids is 1. The predicted octanol–water partition coefficient (Wildman–Crippen LogP) is 8.17. The van der Waals surface area contributed by atoms with Gasteiger partial charge in [-0.2, -0.15) is 5.10 Å². The molecule has 0 unspecified atom stereocenters. The summed E-state index contributed by atoms with van der Waals surface area (Å²) in [5, 5.41) is 30.8. The number of aliphatic hydroxyl groups is 1. The van der Waals surface area contributed by atoms with Gasteiger partial charge in [-0.05, 0) is 70.6 Å². The van der Waals surface area contributed by atoms with Gasteiger partial charge < -0.3 is 19.5 Å². The van der Waals surface area contributed by atoms with E-state index in [1.54, 1.807) is 22.9 Å². The highest BCUT2D eigenvalue weighted by Crippen LogP contribution is 2.48. The van der Waals surface area contributed by atoms with Gasteiger partial charge >= 0.3 is 5.97 Å². The van der Waals surface area contributed by atoms with Crippen LogP contribution < -0.4 is 4.74 Å². The molecule has 2 aliphatic rings. The van der Waals surface area contributed by atoms with Gasteiger partial charge in [-0.15, -0.1) is 0 Å². The normalized spacial score (nSPS) is 20.5. The third kappa shape index (κ3) is 5.88. The molecular weight excluding hydrogens is 615 g/mol. The molecule has 3 aromatic heterocycles. The summed E-state index contributed by atoms with van der Waals surface area (Å²) in [6.45, 7) is 4.12. The van der Waals surface area contributed by atoms with Gasteiger partial charge in [0, 0.05) is 47.1 Å². The van der Waals surface area contributed by atoms with Crippen molar-refractivity contribution in [3.63, 3.8) is 0 Å². The molecule has 0 bridgehead atoms. The van der Waals surface area contributed by atoms with Crippen LogP contribution in [0.25, 0.3) is 11.3 Å². The van der Waals surface area contributed by atoms with E-state index in [9.17, 15) is 15.0 Å². The molecule has 0 atom stereocenters. The van der Waals surface area contributed by atoms with Crippen molar-refractivity contribution < 1.29 is 24.3 Å². The van der Waals surface area contributed by atoms with Gasteiger partial charge in [0.25, 0.3) is 0 Å². The van der Waals surface area contributed by atoms with Crippen molar-refractivity contribution in [3.05, 3.63) is 80.0 Å². The first kappa shape index (κ1) is 29.9. The van der Waals surface area contributed by atoms with Crippen molar-refractivity contribution in [1.82, 2.24) is 19.9 Å². The highest BCUT2D eigenvalue weighted by atomic mass is 35.5. The summed E-state index contributed by atoms with van der Waals surface area (Å²) >= 11 is 19.6.